The fourth-order valence-corrected chi connectivity index (χ4v) is 2.76. The van der Waals surface area contributed by atoms with E-state index >= 15 is 0 Å². The molecule has 0 amide bonds. The van der Waals surface area contributed by atoms with Gasteiger partial charge in [-0.25, -0.2) is 14.6 Å². The number of fused-ring (bicyclic) bond motifs is 1. The highest BCUT2D eigenvalue weighted by atomic mass is 19.4. The number of alkyl halides is 6. The summed E-state index contributed by atoms with van der Waals surface area (Å²) in [6.45, 7) is 0.430. The van der Waals surface area contributed by atoms with E-state index in [2.05, 4.69) is 24.1 Å². The maximum Gasteiger partial charge on any atom is 0.573 e. The van der Waals surface area contributed by atoms with Gasteiger partial charge >= 0.3 is 24.7 Å². The molecule has 0 fully saturated rings. The molecule has 1 aliphatic heterocycles. The van der Waals surface area contributed by atoms with E-state index in [-0.39, 0.29) is 17.5 Å². The molecule has 1 unspecified atom stereocenters. The Bertz CT molecular complexity index is 1020. The van der Waals surface area contributed by atoms with Crippen LogP contribution in [0.25, 0.3) is 6.08 Å². The second-order valence-corrected chi connectivity index (χ2v) is 6.70. The Kier molecular flexibility index (Phi) is 7.92. The normalized spacial score (nSPS) is 17.3. The van der Waals surface area contributed by atoms with Gasteiger partial charge in [0.15, 0.2) is 0 Å². The molecule has 0 aliphatic carbocycles. The summed E-state index contributed by atoms with van der Waals surface area (Å²) in [6.07, 6.45) is -11.6. The minimum absolute atomic E-state index is 0.0614. The lowest BCUT2D eigenvalue weighted by Gasteiger charge is -2.37. The lowest BCUT2D eigenvalue weighted by atomic mass is 9.88. The van der Waals surface area contributed by atoms with Crippen LogP contribution in [0.15, 0.2) is 17.7 Å². The van der Waals surface area contributed by atoms with Crippen molar-refractivity contribution >= 4 is 18.2 Å². The Morgan fingerprint density at radius 3 is 2.31 bits per heavy atom. The number of aryl methyl sites for hydroxylation is 1. The molecule has 11 nitrogen and oxygen atoms in total. The van der Waals surface area contributed by atoms with Crippen LogP contribution >= 0.6 is 0 Å². The van der Waals surface area contributed by atoms with Gasteiger partial charge in [0.2, 0.25) is 5.60 Å². The van der Waals surface area contributed by atoms with Crippen LogP contribution in [0.4, 0.5) is 31.1 Å². The van der Waals surface area contributed by atoms with Crippen LogP contribution in [0.3, 0.4) is 0 Å². The van der Waals surface area contributed by atoms with Gasteiger partial charge in [-0.15, -0.1) is 23.3 Å². The standard InChI is InChI=1S/C18H15F6NO10/c1-3-9-6-11(32-18(22,23)24)7-10-8-12(16(2,17(19,20)21)33-13(9)10)14(26)34-35-15(27)30-4-5-31-25(28)29/h6-8H,3-5H2,1-2H3. The number of halogens is 6. The van der Waals surface area contributed by atoms with E-state index in [0.717, 1.165) is 6.07 Å². The van der Waals surface area contributed by atoms with Crippen molar-refractivity contribution in [2.45, 2.75) is 38.4 Å². The van der Waals surface area contributed by atoms with Crippen molar-refractivity contribution in [1.29, 1.82) is 0 Å². The lowest BCUT2D eigenvalue weighted by molar-refractivity contribution is -0.757. The predicted octanol–water partition coefficient (Wildman–Crippen LogP) is 4.06. The first kappa shape index (κ1) is 27.3. The van der Waals surface area contributed by atoms with Crippen LogP contribution in [-0.4, -0.2) is 48.6 Å². The fraction of sp³-hybridized carbons (Fsp3) is 0.444. The highest BCUT2D eigenvalue weighted by Crippen LogP contribution is 2.48. The zero-order valence-corrected chi connectivity index (χ0v) is 17.7. The van der Waals surface area contributed by atoms with Gasteiger partial charge in [-0.1, -0.05) is 6.92 Å². The van der Waals surface area contributed by atoms with Crippen molar-refractivity contribution in [3.63, 3.8) is 0 Å². The minimum atomic E-state index is -5.25. The molecule has 1 aromatic carbocycles. The lowest BCUT2D eigenvalue weighted by Crippen LogP contribution is -2.52. The maximum atomic E-state index is 13.9. The average Bonchev–Trinajstić information content (AvgIpc) is 2.72. The van der Waals surface area contributed by atoms with Gasteiger partial charge in [-0.05, 0) is 37.1 Å². The topological polar surface area (TPSA) is 133 Å². The van der Waals surface area contributed by atoms with E-state index in [1.165, 1.54) is 6.92 Å². The number of carbonyl (C=O) groups excluding carboxylic acids is 2. The number of nitrogens with zero attached hydrogens (tertiary/aromatic N) is 1. The first-order valence-corrected chi connectivity index (χ1v) is 9.31. The van der Waals surface area contributed by atoms with Crippen molar-refractivity contribution in [1.82, 2.24) is 0 Å². The molecule has 0 N–H and O–H groups in total. The molecule has 17 heteroatoms. The average molecular weight is 519 g/mol. The molecule has 1 aliphatic rings. The van der Waals surface area contributed by atoms with E-state index in [1.54, 1.807) is 0 Å². The number of ether oxygens (including phenoxy) is 3. The summed E-state index contributed by atoms with van der Waals surface area (Å²) >= 11 is 0. The molecule has 0 aromatic heterocycles. The van der Waals surface area contributed by atoms with Gasteiger partial charge in [-0.3, -0.25) is 0 Å². The zero-order chi connectivity index (χ0) is 26.6. The summed E-state index contributed by atoms with van der Waals surface area (Å²) in [5.41, 5.74) is -5.11. The smallest absolute Gasteiger partial charge is 0.472 e. The summed E-state index contributed by atoms with van der Waals surface area (Å²) < 4.78 is 92.6. The van der Waals surface area contributed by atoms with Crippen molar-refractivity contribution in [3.8, 4) is 11.5 Å². The molecular weight excluding hydrogens is 504 g/mol. The second-order valence-electron chi connectivity index (χ2n) is 6.70. The Labute approximate surface area is 191 Å². The van der Waals surface area contributed by atoms with Gasteiger partial charge < -0.3 is 19.0 Å². The molecule has 35 heavy (non-hydrogen) atoms. The quantitative estimate of drug-likeness (QED) is 0.130. The molecule has 2 rings (SSSR count). The molecule has 194 valence electrons. The Morgan fingerprint density at radius 2 is 1.77 bits per heavy atom. The highest BCUT2D eigenvalue weighted by molar-refractivity contribution is 5.97. The van der Waals surface area contributed by atoms with E-state index in [4.69, 9.17) is 4.74 Å². The fourth-order valence-electron chi connectivity index (χ4n) is 2.76. The molecule has 1 aromatic rings. The van der Waals surface area contributed by atoms with Crippen LogP contribution in [0.2, 0.25) is 0 Å². The molecule has 1 atom stereocenters. The second kappa shape index (κ2) is 10.1. The van der Waals surface area contributed by atoms with Crippen molar-refractivity contribution < 1.29 is 69.8 Å². The number of carbonyl (C=O) groups is 2. The number of benzene rings is 1. The maximum absolute atomic E-state index is 13.9. The third-order valence-electron chi connectivity index (χ3n) is 4.35. The van der Waals surface area contributed by atoms with Crippen LogP contribution in [0, 0.1) is 10.1 Å². The predicted molar refractivity (Wildman–Crippen MR) is 97.0 cm³/mol. The first-order chi connectivity index (χ1) is 16.1. The van der Waals surface area contributed by atoms with Crippen LogP contribution < -0.4 is 9.47 Å². The van der Waals surface area contributed by atoms with Crippen LogP contribution in [0.1, 0.15) is 25.0 Å². The van der Waals surface area contributed by atoms with Crippen molar-refractivity contribution in [2.75, 3.05) is 13.2 Å². The molecule has 0 bridgehead atoms. The summed E-state index contributed by atoms with van der Waals surface area (Å²) in [5.74, 6) is -3.13. The minimum Gasteiger partial charge on any atom is -0.472 e. The Hall–Kier alpha value is -3.92. The Morgan fingerprint density at radius 1 is 1.11 bits per heavy atom. The van der Waals surface area contributed by atoms with Gasteiger partial charge in [-0.2, -0.15) is 18.0 Å². The third-order valence-corrected chi connectivity index (χ3v) is 4.35. The SMILES string of the molecule is CCc1cc(OC(F)(F)F)cc2c1OC(C)(C(F)(F)F)C(C(=O)OOC(=O)OCCO[N+](=O)[O-])=C2. The number of rotatable bonds is 7. The summed E-state index contributed by atoms with van der Waals surface area (Å²) in [7, 11) is 0. The van der Waals surface area contributed by atoms with E-state index in [9.17, 15) is 46.0 Å². The number of hydrogen-bond donors (Lipinski definition) is 0. The zero-order valence-electron chi connectivity index (χ0n) is 17.7. The van der Waals surface area contributed by atoms with Gasteiger partial charge in [0, 0.05) is 5.56 Å². The molecule has 0 saturated heterocycles. The molecule has 0 radical (unpaired) electrons. The van der Waals surface area contributed by atoms with E-state index in [1.807, 2.05) is 0 Å². The molecule has 0 spiro atoms. The molecular formula is C18H15F6NO10. The van der Waals surface area contributed by atoms with Crippen molar-refractivity contribution in [3.05, 3.63) is 38.9 Å². The van der Waals surface area contributed by atoms with E-state index in [0.29, 0.717) is 19.1 Å². The summed E-state index contributed by atoms with van der Waals surface area (Å²) in [4.78, 5) is 45.4. The van der Waals surface area contributed by atoms with Gasteiger partial charge in [0.1, 0.15) is 24.7 Å². The van der Waals surface area contributed by atoms with Crippen LogP contribution in [-0.2, 0) is 30.6 Å². The van der Waals surface area contributed by atoms with Crippen molar-refractivity contribution in [2.24, 2.45) is 0 Å². The van der Waals surface area contributed by atoms with Gasteiger partial charge in [0.25, 0.3) is 5.09 Å². The summed E-state index contributed by atoms with van der Waals surface area (Å²) in [6, 6.07) is 1.53. The largest absolute Gasteiger partial charge is 0.573 e. The Balaban J connectivity index is 2.34. The summed E-state index contributed by atoms with van der Waals surface area (Å²) in [5, 5.41) is 8.76. The van der Waals surface area contributed by atoms with Crippen LogP contribution in [0.5, 0.6) is 11.5 Å². The number of hydrogen-bond acceptors (Lipinski definition) is 10. The third kappa shape index (κ3) is 6.80. The first-order valence-electron chi connectivity index (χ1n) is 9.31. The molecule has 0 saturated carbocycles. The van der Waals surface area contributed by atoms with E-state index < -0.39 is 65.6 Å². The highest BCUT2D eigenvalue weighted by Gasteiger charge is 2.60. The monoisotopic (exact) mass is 519 g/mol. The van der Waals surface area contributed by atoms with Gasteiger partial charge in [0.05, 0.1) is 5.57 Å². The molecule has 1 heterocycles.